The Balaban J connectivity index is 0. The van der Waals surface area contributed by atoms with Gasteiger partial charge in [-0.05, 0) is 0 Å². The van der Waals surface area contributed by atoms with Gasteiger partial charge >= 0.3 is 216 Å². The van der Waals surface area contributed by atoms with E-state index < -0.39 is 0 Å². The van der Waals surface area contributed by atoms with Crippen molar-refractivity contribution < 1.29 is 0 Å². The SMILES string of the molecule is [AlH3].[AlH3].[AlH3].[AlH3].[AlH3].[GaH3].[GaH3].[GaH3].[GaH3].[GaH3].[GaH3].[GaH3].[InH3].[InH3].[InH3]. The van der Waals surface area contributed by atoms with Gasteiger partial charge in [0, 0.05) is 0 Å². The zero-order valence-electron chi connectivity index (χ0n) is 0. The van der Waals surface area contributed by atoms with Gasteiger partial charge in [-0.25, -0.2) is 0 Å². The molecule has 0 aromatic rings. The Morgan fingerprint density at radius 2 is 0.200 bits per heavy atom. The monoisotopic (exact) mass is 1010 g/mol. The molecule has 0 aliphatic carbocycles. The van der Waals surface area contributed by atoms with E-state index in [0.717, 1.165) is 0 Å². The fraction of sp³-hybridized carbons (Fsp3) is 0. The second kappa shape index (κ2) is 130. The molecule has 0 heterocycles. The number of rotatable bonds is 0. The second-order valence-corrected chi connectivity index (χ2v) is 0. The van der Waals surface area contributed by atoms with E-state index in [0.29, 0.717) is 0 Å². The van der Waals surface area contributed by atoms with Crippen LogP contribution >= 0.6 is 0 Å². The molecule has 0 rings (SSSR count). The fourth-order valence-corrected chi connectivity index (χ4v) is 0. The molecule has 0 unspecified atom stereocenters. The van der Waals surface area contributed by atoms with Crippen LogP contribution in [0.4, 0.5) is 0 Å². The van der Waals surface area contributed by atoms with E-state index >= 15 is 0 Å². The van der Waals surface area contributed by atoms with E-state index in [4.69, 9.17) is 0 Å². The molecule has 0 aliphatic rings. The Kier molecular flexibility index (Phi) is 1270. The summed E-state index contributed by atoms with van der Waals surface area (Å²) in [5.74, 6) is 0. The van der Waals surface area contributed by atoms with Crippen molar-refractivity contribution in [1.29, 1.82) is 0 Å². The topological polar surface area (TPSA) is 0 Å². The average Bonchev–Trinajstić information content (AvgIpc) is 0. The average molecular weight is 1010 g/mol. The first-order valence-electron chi connectivity index (χ1n) is 0. The van der Waals surface area contributed by atoms with Gasteiger partial charge in [0.15, 0.2) is 86.8 Å². The Morgan fingerprint density at radius 3 is 0.200 bits per heavy atom. The normalized spacial score (nSPS) is 0. The van der Waals surface area contributed by atoms with Crippen molar-refractivity contribution in [3.63, 3.8) is 0 Å². The number of hydrogen-bond acceptors (Lipinski definition) is 0. The van der Waals surface area contributed by atoms with Crippen LogP contribution in [0.1, 0.15) is 0 Å². The zero-order chi connectivity index (χ0) is 0. The van der Waals surface area contributed by atoms with E-state index in [-0.39, 0.29) is 303 Å². The Labute approximate surface area is 295 Å². The summed E-state index contributed by atoms with van der Waals surface area (Å²) in [6, 6.07) is 0. The molecule has 0 fully saturated rings. The van der Waals surface area contributed by atoms with Crippen molar-refractivity contribution in [2.24, 2.45) is 0 Å². The van der Waals surface area contributed by atoms with Crippen LogP contribution in [0.2, 0.25) is 0 Å². The third kappa shape index (κ3) is 118. The van der Waals surface area contributed by atoms with Crippen molar-refractivity contribution in [2.75, 3.05) is 0 Å². The summed E-state index contributed by atoms with van der Waals surface area (Å²) in [5.41, 5.74) is 0. The first-order chi connectivity index (χ1) is 0. The summed E-state index contributed by atoms with van der Waals surface area (Å²) >= 11 is 0. The molecule has 0 radical (unpaired) electrons. The van der Waals surface area contributed by atoms with Crippen molar-refractivity contribution in [2.45, 2.75) is 0 Å². The molecule has 0 spiro atoms. The van der Waals surface area contributed by atoms with Crippen molar-refractivity contribution >= 4 is 303 Å². The van der Waals surface area contributed by atoms with Gasteiger partial charge < -0.3 is 0 Å². The summed E-state index contributed by atoms with van der Waals surface area (Å²) in [4.78, 5) is 0. The van der Waals surface area contributed by atoms with E-state index in [1.807, 2.05) is 0 Å². The molecule has 0 saturated carbocycles. The quantitative estimate of drug-likeness (QED) is 0.212. The molecule has 0 nitrogen and oxygen atoms in total. The minimum absolute atomic E-state index is 0. The Bertz CT molecular complexity index is 22.6. The van der Waals surface area contributed by atoms with Crippen LogP contribution in [0.15, 0.2) is 0 Å². The van der Waals surface area contributed by atoms with E-state index in [2.05, 4.69) is 0 Å². The second-order valence-electron chi connectivity index (χ2n) is 0. The van der Waals surface area contributed by atoms with Gasteiger partial charge in [-0.1, -0.05) is 0 Å². The molecule has 0 N–H and O–H groups in total. The van der Waals surface area contributed by atoms with Crippen LogP contribution in [-0.2, 0) is 0 Å². The van der Waals surface area contributed by atoms with Gasteiger partial charge in [-0.3, -0.25) is 0 Å². The third-order valence-electron chi connectivity index (χ3n) is 0. The third-order valence-corrected chi connectivity index (χ3v) is 0. The molecular formula is H45Al5Ga7In3. The predicted molar refractivity (Wildman–Crippen MR) is 149 cm³/mol. The van der Waals surface area contributed by atoms with Gasteiger partial charge in [0.1, 0.15) is 0 Å². The Morgan fingerprint density at radius 1 is 0.200 bits per heavy atom. The molecule has 0 bridgehead atoms. The van der Waals surface area contributed by atoms with E-state index in [1.165, 1.54) is 0 Å². The van der Waals surface area contributed by atoms with Gasteiger partial charge in [0.2, 0.25) is 0 Å². The first-order valence-corrected chi connectivity index (χ1v) is 0. The maximum atomic E-state index is 0. The molecule has 0 aliphatic heterocycles. The van der Waals surface area contributed by atoms with Crippen LogP contribution in [0.5, 0.6) is 0 Å². The van der Waals surface area contributed by atoms with Crippen molar-refractivity contribution in [3.8, 4) is 0 Å². The standard InChI is InChI=1S/5Al.7Ga.3In.45H. The summed E-state index contributed by atoms with van der Waals surface area (Å²) in [7, 11) is 0. The van der Waals surface area contributed by atoms with Crippen LogP contribution in [0.25, 0.3) is 0 Å². The van der Waals surface area contributed by atoms with E-state index in [1.54, 1.807) is 0 Å². The van der Waals surface area contributed by atoms with Crippen LogP contribution in [0, 0.1) is 0 Å². The fourth-order valence-electron chi connectivity index (χ4n) is 0. The van der Waals surface area contributed by atoms with Gasteiger partial charge in [-0.2, -0.15) is 0 Å². The minimum atomic E-state index is 0. The first kappa shape index (κ1) is 147. The zero-order valence-corrected chi connectivity index (χ0v) is 0. The van der Waals surface area contributed by atoms with Gasteiger partial charge in [-0.15, -0.1) is 0 Å². The van der Waals surface area contributed by atoms with Gasteiger partial charge in [0.05, 0.1) is 0 Å². The maximum absolute atomic E-state index is 0. The molecule has 0 amide bonds. The number of hydrogen-bond donors (Lipinski definition) is 0. The summed E-state index contributed by atoms with van der Waals surface area (Å²) < 4.78 is 0. The van der Waals surface area contributed by atoms with Crippen molar-refractivity contribution in [3.05, 3.63) is 0 Å². The molecule has 0 atom stereocenters. The summed E-state index contributed by atoms with van der Waals surface area (Å²) in [6.45, 7) is 0. The Hall–Kier alpha value is 9.73. The van der Waals surface area contributed by atoms with Crippen LogP contribution < -0.4 is 0 Å². The predicted octanol–water partition coefficient (Wildman–Crippen LogP) is -17.8. The molecule has 0 aromatic carbocycles. The molecule has 90 valence electrons. The summed E-state index contributed by atoms with van der Waals surface area (Å²) in [5, 5.41) is 0. The van der Waals surface area contributed by atoms with Crippen molar-refractivity contribution in [1.82, 2.24) is 0 Å². The molecular weight excluding hydrogens is 967 g/mol. The van der Waals surface area contributed by atoms with E-state index in [9.17, 15) is 0 Å². The van der Waals surface area contributed by atoms with Crippen LogP contribution in [-0.4, -0.2) is 303 Å². The molecule has 0 aromatic heterocycles. The van der Waals surface area contributed by atoms with Crippen LogP contribution in [0.3, 0.4) is 0 Å². The molecule has 15 heavy (non-hydrogen) atoms. The molecule has 15 heteroatoms. The summed E-state index contributed by atoms with van der Waals surface area (Å²) in [6.07, 6.45) is 0. The molecule has 0 saturated heterocycles. The van der Waals surface area contributed by atoms with Gasteiger partial charge in [0.25, 0.3) is 0 Å².